The molecule has 2 aromatic carbocycles. The molecule has 1 amide bonds. The highest BCUT2D eigenvalue weighted by atomic mass is 16.3. The Balaban J connectivity index is 2.26. The Bertz CT molecular complexity index is 694. The van der Waals surface area contributed by atoms with E-state index in [1.54, 1.807) is 36.4 Å². The summed E-state index contributed by atoms with van der Waals surface area (Å²) in [6.45, 7) is 1.37. The molecule has 20 heavy (non-hydrogen) atoms. The van der Waals surface area contributed by atoms with Crippen LogP contribution >= 0.6 is 0 Å². The lowest BCUT2D eigenvalue weighted by Crippen LogP contribution is -2.05. The first-order valence-corrected chi connectivity index (χ1v) is 5.96. The first kappa shape index (κ1) is 13.5. The van der Waals surface area contributed by atoms with Crippen molar-refractivity contribution in [2.75, 3.05) is 5.32 Å². The molecule has 2 aromatic rings. The van der Waals surface area contributed by atoms with E-state index in [2.05, 4.69) is 17.2 Å². The molecule has 4 heteroatoms. The average molecular weight is 267 g/mol. The van der Waals surface area contributed by atoms with Crippen LogP contribution in [0.25, 0.3) is 0 Å². The summed E-state index contributed by atoms with van der Waals surface area (Å²) in [6, 6.07) is 11.3. The number of phenolic OH excluding ortho intramolecular Hbond substituents is 2. The predicted molar refractivity (Wildman–Crippen MR) is 76.5 cm³/mol. The Morgan fingerprint density at radius 1 is 1.00 bits per heavy atom. The summed E-state index contributed by atoms with van der Waals surface area (Å²) in [5, 5.41) is 21.3. The zero-order valence-electron chi connectivity index (χ0n) is 10.8. The van der Waals surface area contributed by atoms with Crippen LogP contribution in [0.3, 0.4) is 0 Å². The van der Waals surface area contributed by atoms with Gasteiger partial charge in [-0.3, -0.25) is 4.79 Å². The van der Waals surface area contributed by atoms with Crippen LogP contribution in [0.1, 0.15) is 18.1 Å². The van der Waals surface area contributed by atoms with Crippen molar-refractivity contribution in [3.05, 3.63) is 53.6 Å². The van der Waals surface area contributed by atoms with Gasteiger partial charge in [0.2, 0.25) is 5.91 Å². The average Bonchev–Trinajstić information content (AvgIpc) is 2.41. The molecule has 0 spiro atoms. The van der Waals surface area contributed by atoms with Crippen LogP contribution in [0.5, 0.6) is 11.5 Å². The number of amides is 1. The van der Waals surface area contributed by atoms with Crippen molar-refractivity contribution in [3.63, 3.8) is 0 Å². The smallest absolute Gasteiger partial charge is 0.221 e. The second-order valence-electron chi connectivity index (χ2n) is 4.21. The summed E-state index contributed by atoms with van der Waals surface area (Å²) in [5.41, 5.74) is 1.76. The molecule has 0 unspecified atom stereocenters. The molecule has 0 radical (unpaired) electrons. The van der Waals surface area contributed by atoms with Gasteiger partial charge in [-0.2, -0.15) is 0 Å². The van der Waals surface area contributed by atoms with E-state index in [-0.39, 0.29) is 17.4 Å². The Hall–Kier alpha value is -2.93. The monoisotopic (exact) mass is 267 g/mol. The SMILES string of the molecule is CC(=O)Nc1cc(C#Cc2ccc(O)cc2)ccc1O. The Morgan fingerprint density at radius 3 is 2.25 bits per heavy atom. The second-order valence-corrected chi connectivity index (χ2v) is 4.21. The molecule has 4 nitrogen and oxygen atoms in total. The van der Waals surface area contributed by atoms with Crippen molar-refractivity contribution in [3.8, 4) is 23.3 Å². The van der Waals surface area contributed by atoms with Crippen LogP contribution < -0.4 is 5.32 Å². The number of carbonyl (C=O) groups is 1. The van der Waals surface area contributed by atoms with Gasteiger partial charge in [-0.15, -0.1) is 0 Å². The number of rotatable bonds is 1. The molecular weight excluding hydrogens is 254 g/mol. The van der Waals surface area contributed by atoms with E-state index in [0.717, 1.165) is 5.56 Å². The van der Waals surface area contributed by atoms with Gasteiger partial charge in [-0.05, 0) is 42.5 Å². The molecule has 3 N–H and O–H groups in total. The van der Waals surface area contributed by atoms with E-state index < -0.39 is 0 Å². The van der Waals surface area contributed by atoms with E-state index in [9.17, 15) is 15.0 Å². The highest BCUT2D eigenvalue weighted by Crippen LogP contribution is 2.23. The van der Waals surface area contributed by atoms with Crippen molar-refractivity contribution in [2.45, 2.75) is 6.92 Å². The van der Waals surface area contributed by atoms with E-state index in [4.69, 9.17) is 0 Å². The van der Waals surface area contributed by atoms with Gasteiger partial charge in [0.05, 0.1) is 5.69 Å². The van der Waals surface area contributed by atoms with Gasteiger partial charge in [-0.1, -0.05) is 11.8 Å². The van der Waals surface area contributed by atoms with E-state index in [0.29, 0.717) is 11.3 Å². The van der Waals surface area contributed by atoms with Gasteiger partial charge in [-0.25, -0.2) is 0 Å². The molecular formula is C16H13NO3. The summed E-state index contributed by atoms with van der Waals surface area (Å²) < 4.78 is 0. The van der Waals surface area contributed by atoms with E-state index >= 15 is 0 Å². The minimum Gasteiger partial charge on any atom is -0.508 e. The van der Waals surface area contributed by atoms with Gasteiger partial charge >= 0.3 is 0 Å². The highest BCUT2D eigenvalue weighted by Gasteiger charge is 2.03. The first-order chi connectivity index (χ1) is 9.54. The fourth-order valence-corrected chi connectivity index (χ4v) is 1.59. The van der Waals surface area contributed by atoms with Gasteiger partial charge in [0.15, 0.2) is 0 Å². The fraction of sp³-hybridized carbons (Fsp3) is 0.0625. The lowest BCUT2D eigenvalue weighted by Gasteiger charge is -2.04. The third-order valence-electron chi connectivity index (χ3n) is 2.53. The van der Waals surface area contributed by atoms with Gasteiger partial charge in [0, 0.05) is 18.1 Å². The fourth-order valence-electron chi connectivity index (χ4n) is 1.59. The summed E-state index contributed by atoms with van der Waals surface area (Å²) in [4.78, 5) is 11.0. The number of phenols is 2. The van der Waals surface area contributed by atoms with Crippen molar-refractivity contribution in [1.29, 1.82) is 0 Å². The van der Waals surface area contributed by atoms with E-state index in [1.165, 1.54) is 13.0 Å². The number of hydrogen-bond acceptors (Lipinski definition) is 3. The maximum atomic E-state index is 11.0. The maximum Gasteiger partial charge on any atom is 0.221 e. The molecule has 0 saturated heterocycles. The molecule has 0 atom stereocenters. The summed E-state index contributed by atoms with van der Waals surface area (Å²) in [6.07, 6.45) is 0. The van der Waals surface area contributed by atoms with Crippen molar-refractivity contribution in [1.82, 2.24) is 0 Å². The predicted octanol–water partition coefficient (Wildman–Crippen LogP) is 2.46. The number of benzene rings is 2. The van der Waals surface area contributed by atoms with Crippen molar-refractivity contribution in [2.24, 2.45) is 0 Å². The Morgan fingerprint density at radius 2 is 1.60 bits per heavy atom. The quantitative estimate of drug-likeness (QED) is 0.549. The second kappa shape index (κ2) is 5.81. The minimum atomic E-state index is -0.260. The lowest BCUT2D eigenvalue weighted by atomic mass is 10.1. The van der Waals surface area contributed by atoms with Gasteiger partial charge < -0.3 is 15.5 Å². The van der Waals surface area contributed by atoms with Crippen LogP contribution in [0.2, 0.25) is 0 Å². The topological polar surface area (TPSA) is 69.6 Å². The molecule has 0 aromatic heterocycles. The first-order valence-electron chi connectivity index (χ1n) is 5.96. The number of hydrogen-bond donors (Lipinski definition) is 3. The third kappa shape index (κ3) is 3.53. The molecule has 100 valence electrons. The summed E-state index contributed by atoms with van der Waals surface area (Å²) in [7, 11) is 0. The van der Waals surface area contributed by atoms with Crippen LogP contribution in [0, 0.1) is 11.8 Å². The molecule has 0 bridgehead atoms. The molecule has 0 aliphatic heterocycles. The summed E-state index contributed by atoms with van der Waals surface area (Å²) >= 11 is 0. The van der Waals surface area contributed by atoms with Crippen molar-refractivity contribution >= 4 is 11.6 Å². The number of aromatic hydroxyl groups is 2. The normalized spacial score (nSPS) is 9.45. The van der Waals surface area contributed by atoms with Crippen molar-refractivity contribution < 1.29 is 15.0 Å². The highest BCUT2D eigenvalue weighted by molar-refractivity contribution is 5.90. The van der Waals surface area contributed by atoms with E-state index in [1.807, 2.05) is 0 Å². The third-order valence-corrected chi connectivity index (χ3v) is 2.53. The zero-order valence-corrected chi connectivity index (χ0v) is 10.8. The van der Waals surface area contributed by atoms with Crippen LogP contribution in [-0.4, -0.2) is 16.1 Å². The van der Waals surface area contributed by atoms with Crippen LogP contribution in [-0.2, 0) is 4.79 Å². The molecule has 0 aliphatic rings. The standard InChI is InChI=1S/C16H13NO3/c1-11(18)17-15-10-13(6-9-16(15)20)3-2-12-4-7-14(19)8-5-12/h4-10,19-20H,1H3,(H,17,18). The lowest BCUT2D eigenvalue weighted by molar-refractivity contribution is -0.114. The van der Waals surface area contributed by atoms with Crippen LogP contribution in [0.15, 0.2) is 42.5 Å². The number of anilines is 1. The minimum absolute atomic E-state index is 0.00427. The zero-order chi connectivity index (χ0) is 14.5. The Labute approximate surface area is 116 Å². The summed E-state index contributed by atoms with van der Waals surface area (Å²) in [5.74, 6) is 5.78. The largest absolute Gasteiger partial charge is 0.508 e. The molecule has 0 saturated carbocycles. The maximum absolute atomic E-state index is 11.0. The number of carbonyl (C=O) groups excluding carboxylic acids is 1. The molecule has 2 rings (SSSR count). The Kier molecular flexibility index (Phi) is 3.92. The number of nitrogens with one attached hydrogen (secondary N) is 1. The van der Waals surface area contributed by atoms with Crippen LogP contribution in [0.4, 0.5) is 5.69 Å². The molecule has 0 fully saturated rings. The van der Waals surface area contributed by atoms with Gasteiger partial charge in [0.25, 0.3) is 0 Å². The van der Waals surface area contributed by atoms with Gasteiger partial charge in [0.1, 0.15) is 11.5 Å². The molecule has 0 heterocycles. The molecule has 0 aliphatic carbocycles.